The molecule has 1 unspecified atom stereocenters. The fourth-order valence-electron chi connectivity index (χ4n) is 5.86. The zero-order valence-corrected chi connectivity index (χ0v) is 24.1. The van der Waals surface area contributed by atoms with Crippen LogP contribution in [0.25, 0.3) is 11.3 Å². The van der Waals surface area contributed by atoms with E-state index in [0.29, 0.717) is 62.8 Å². The highest BCUT2D eigenvalue weighted by Crippen LogP contribution is 2.53. The smallest absolute Gasteiger partial charge is 0.335 e. The summed E-state index contributed by atoms with van der Waals surface area (Å²) in [6.07, 6.45) is 7.35. The molecule has 6 rings (SSSR count). The second kappa shape index (κ2) is 10.6. The lowest BCUT2D eigenvalue weighted by atomic mass is 9.61. The van der Waals surface area contributed by atoms with E-state index in [-0.39, 0.29) is 18.4 Å². The van der Waals surface area contributed by atoms with Crippen molar-refractivity contribution in [1.82, 2.24) is 5.16 Å². The van der Waals surface area contributed by atoms with Crippen LogP contribution in [0.1, 0.15) is 76.7 Å². The van der Waals surface area contributed by atoms with Crippen molar-refractivity contribution in [1.29, 1.82) is 0 Å². The van der Waals surface area contributed by atoms with Gasteiger partial charge in [-0.05, 0) is 86.4 Å². The summed E-state index contributed by atoms with van der Waals surface area (Å²) in [5, 5.41) is 26.7. The normalized spacial score (nSPS) is 24.2. The lowest BCUT2D eigenvalue weighted by Crippen LogP contribution is -2.49. The number of carbonyl (C=O) groups is 1. The Morgan fingerprint density at radius 1 is 1.12 bits per heavy atom. The van der Waals surface area contributed by atoms with Crippen LogP contribution in [0.2, 0.25) is 10.0 Å². The van der Waals surface area contributed by atoms with Gasteiger partial charge in [0, 0.05) is 22.4 Å². The maximum absolute atomic E-state index is 11.5. The van der Waals surface area contributed by atoms with Gasteiger partial charge in [-0.1, -0.05) is 58.2 Å². The van der Waals surface area contributed by atoms with Crippen molar-refractivity contribution in [3.8, 4) is 11.3 Å². The van der Waals surface area contributed by atoms with Gasteiger partial charge in [0.15, 0.2) is 0 Å². The molecule has 0 bridgehead atoms. The Kier molecular flexibility index (Phi) is 7.24. The molecule has 0 amide bonds. The predicted molar refractivity (Wildman–Crippen MR) is 154 cm³/mol. The van der Waals surface area contributed by atoms with Crippen molar-refractivity contribution in [2.45, 2.75) is 63.1 Å². The summed E-state index contributed by atoms with van der Waals surface area (Å²) in [6, 6.07) is 10.8. The van der Waals surface area contributed by atoms with Gasteiger partial charge < -0.3 is 19.5 Å². The average Bonchev–Trinajstić information content (AvgIpc) is 3.66. The predicted octanol–water partition coefficient (Wildman–Crippen LogP) is 8.38. The minimum absolute atomic E-state index is 0.0827. The summed E-state index contributed by atoms with van der Waals surface area (Å²) in [7, 11) is 0. The molecule has 1 atom stereocenters. The van der Waals surface area contributed by atoms with Gasteiger partial charge in [-0.25, -0.2) is 4.79 Å². The molecule has 2 N–H and O–H groups in total. The third kappa shape index (κ3) is 5.07. The number of aliphatic hydroxyl groups is 1. The summed E-state index contributed by atoms with van der Waals surface area (Å²) < 4.78 is 11.9. The Bertz CT molecular complexity index is 1530. The van der Waals surface area contributed by atoms with Crippen molar-refractivity contribution >= 4 is 40.8 Å². The van der Waals surface area contributed by atoms with Gasteiger partial charge in [-0.15, -0.1) is 0 Å². The first-order valence-electron chi connectivity index (χ1n) is 13.3. The van der Waals surface area contributed by atoms with Crippen molar-refractivity contribution in [3.63, 3.8) is 0 Å². The van der Waals surface area contributed by atoms with Crippen LogP contribution in [0.15, 0.2) is 63.9 Å². The molecule has 3 aliphatic rings. The number of hydrogen-bond acceptors (Lipinski definition) is 5. The van der Waals surface area contributed by atoms with Crippen LogP contribution in [0, 0.1) is 12.8 Å². The number of aryl methyl sites for hydroxylation is 1. The molecule has 40 heavy (non-hydrogen) atoms. The van der Waals surface area contributed by atoms with Crippen molar-refractivity contribution in [3.05, 3.63) is 97.4 Å². The van der Waals surface area contributed by atoms with Crippen LogP contribution < -0.4 is 0 Å². The Morgan fingerprint density at radius 2 is 1.85 bits per heavy atom. The number of carboxylic acid groups (broad SMARTS) is 1. The summed E-state index contributed by atoms with van der Waals surface area (Å²) in [4.78, 5) is 11.5. The minimum Gasteiger partial charge on any atom is -0.489 e. The lowest BCUT2D eigenvalue weighted by molar-refractivity contribution is -0.0836. The van der Waals surface area contributed by atoms with Crippen molar-refractivity contribution in [2.24, 2.45) is 5.92 Å². The number of hydrogen-bond donors (Lipinski definition) is 2. The minimum atomic E-state index is -0.962. The van der Waals surface area contributed by atoms with Gasteiger partial charge in [0.1, 0.15) is 23.8 Å². The Labute approximate surface area is 247 Å². The van der Waals surface area contributed by atoms with E-state index in [2.05, 4.69) is 5.16 Å². The molecule has 1 aromatic heterocycles. The lowest BCUT2D eigenvalue weighted by Gasteiger charge is -2.49. The zero-order chi connectivity index (χ0) is 28.2. The maximum Gasteiger partial charge on any atom is 0.335 e. The number of nitrogens with zero attached hydrogens (tertiary/aromatic N) is 1. The number of ether oxygens (including phenoxy) is 1. The molecule has 0 radical (unpaired) electrons. The van der Waals surface area contributed by atoms with Gasteiger partial charge in [0.25, 0.3) is 0 Å². The molecule has 9 heteroatoms. The van der Waals surface area contributed by atoms with E-state index in [0.717, 1.165) is 35.3 Å². The van der Waals surface area contributed by atoms with E-state index < -0.39 is 11.6 Å². The maximum atomic E-state index is 11.5. The van der Waals surface area contributed by atoms with E-state index in [1.165, 1.54) is 0 Å². The highest BCUT2D eigenvalue weighted by molar-refractivity contribution is 6.39. The topological polar surface area (TPSA) is 92.8 Å². The van der Waals surface area contributed by atoms with Crippen LogP contribution in [0.5, 0.6) is 0 Å². The first-order valence-corrected chi connectivity index (χ1v) is 14.5. The molecule has 0 saturated heterocycles. The summed E-state index contributed by atoms with van der Waals surface area (Å²) >= 11 is 19.7. The average molecular weight is 601 g/mol. The molecule has 6 nitrogen and oxygen atoms in total. The van der Waals surface area contributed by atoms with Gasteiger partial charge >= 0.3 is 5.97 Å². The van der Waals surface area contributed by atoms with Crippen LogP contribution >= 0.6 is 34.8 Å². The number of aromatic nitrogens is 1. The monoisotopic (exact) mass is 599 g/mol. The number of benzene rings is 2. The van der Waals surface area contributed by atoms with Crippen molar-refractivity contribution in [2.75, 3.05) is 0 Å². The molecular weight excluding hydrogens is 573 g/mol. The SMILES string of the molecule is Cc1ccc(C2CC(O)(C3CC=C(OCc4c(-c5c(Cl)cccc5Cl)noc4C4CC4)C=C3Cl)C2)cc1C(=O)O. The number of aromatic carboxylic acids is 1. The first-order chi connectivity index (χ1) is 19.1. The largest absolute Gasteiger partial charge is 0.489 e. The standard InChI is InChI=1S/C31H28Cl3NO5/c1-16-5-6-18(11-21(16)30(36)37)19-13-31(38,14-19)23-10-9-20(12-26(23)34)39-15-22-28(35-40-29(22)17-7-8-17)27-24(32)3-2-4-25(27)33/h2-6,9,11-12,17,19,23,38H,7-8,10,13-15H2,1H3,(H,36,37). The van der Waals surface area contributed by atoms with Gasteiger partial charge in [0.2, 0.25) is 0 Å². The van der Waals surface area contributed by atoms with Gasteiger partial charge in [-0.2, -0.15) is 0 Å². The molecule has 2 saturated carbocycles. The van der Waals surface area contributed by atoms with Crippen molar-refractivity contribution < 1.29 is 24.3 Å². The van der Waals surface area contributed by atoms with E-state index in [4.69, 9.17) is 44.1 Å². The zero-order valence-electron chi connectivity index (χ0n) is 21.8. The van der Waals surface area contributed by atoms with Gasteiger partial charge in [-0.3, -0.25) is 0 Å². The Hall–Kier alpha value is -2.77. The van der Waals surface area contributed by atoms with E-state index >= 15 is 0 Å². The molecule has 2 fully saturated rings. The van der Waals surface area contributed by atoms with Crippen LogP contribution in [0.4, 0.5) is 0 Å². The highest BCUT2D eigenvalue weighted by atomic mass is 35.5. The fourth-order valence-corrected chi connectivity index (χ4v) is 6.84. The molecular formula is C31H28Cl3NO5. The number of carboxylic acids is 1. The third-order valence-corrected chi connectivity index (χ3v) is 9.33. The fraction of sp³-hybridized carbons (Fsp3) is 0.355. The van der Waals surface area contributed by atoms with Crippen LogP contribution in [0.3, 0.4) is 0 Å². The second-order valence-electron chi connectivity index (χ2n) is 11.0. The molecule has 3 aliphatic carbocycles. The van der Waals surface area contributed by atoms with Crippen LogP contribution in [-0.2, 0) is 11.3 Å². The third-order valence-electron chi connectivity index (χ3n) is 8.33. The van der Waals surface area contributed by atoms with E-state index in [1.54, 1.807) is 37.3 Å². The van der Waals surface area contributed by atoms with Gasteiger partial charge in [0.05, 0.1) is 26.8 Å². The number of halogens is 3. The molecule has 1 heterocycles. The summed E-state index contributed by atoms with van der Waals surface area (Å²) in [6.45, 7) is 2.00. The summed E-state index contributed by atoms with van der Waals surface area (Å²) in [5.74, 6) is 0.613. The number of allylic oxidation sites excluding steroid dienone is 2. The molecule has 208 valence electrons. The first kappa shape index (κ1) is 27.4. The Morgan fingerprint density at radius 3 is 2.50 bits per heavy atom. The highest BCUT2D eigenvalue weighted by Gasteiger charge is 2.50. The summed E-state index contributed by atoms with van der Waals surface area (Å²) in [5.41, 5.74) is 3.01. The van der Waals surface area contributed by atoms with E-state index in [1.807, 2.05) is 18.2 Å². The molecule has 0 aliphatic heterocycles. The quantitative estimate of drug-likeness (QED) is 0.270. The second-order valence-corrected chi connectivity index (χ2v) is 12.3. The number of rotatable bonds is 8. The van der Waals surface area contributed by atoms with E-state index in [9.17, 15) is 15.0 Å². The molecule has 2 aromatic carbocycles. The molecule has 3 aromatic rings. The molecule has 0 spiro atoms. The van der Waals surface area contributed by atoms with Crippen LogP contribution in [-0.4, -0.2) is 26.9 Å². The Balaban J connectivity index is 1.14.